The minimum absolute atomic E-state index is 0.0779. The van der Waals surface area contributed by atoms with Gasteiger partial charge in [-0.1, -0.05) is 20.8 Å². The highest BCUT2D eigenvalue weighted by molar-refractivity contribution is 6.11. The second-order valence-electron chi connectivity index (χ2n) is 5.16. The number of hydrazine groups is 1. The summed E-state index contributed by atoms with van der Waals surface area (Å²) in [6.45, 7) is 5.28. The number of ketones is 1. The van der Waals surface area contributed by atoms with Crippen LogP contribution >= 0.6 is 0 Å². The quantitative estimate of drug-likeness (QED) is 0.356. The molecule has 2 aromatic heterocycles. The van der Waals surface area contributed by atoms with Crippen LogP contribution in [0.1, 0.15) is 41.6 Å². The minimum atomic E-state index is -0.651. The first-order chi connectivity index (χ1) is 8.86. The number of amides is 1. The highest BCUT2D eigenvalue weighted by atomic mass is 16.2. The van der Waals surface area contributed by atoms with Crippen molar-refractivity contribution in [3.05, 3.63) is 29.7 Å². The molecule has 0 fully saturated rings. The summed E-state index contributed by atoms with van der Waals surface area (Å²) in [7, 11) is 0. The van der Waals surface area contributed by atoms with Crippen LogP contribution in [0.4, 0.5) is 0 Å². The summed E-state index contributed by atoms with van der Waals surface area (Å²) in [6.07, 6.45) is 3.14. The van der Waals surface area contributed by atoms with Gasteiger partial charge in [0.15, 0.2) is 11.4 Å². The Hall–Kier alpha value is -2.28. The largest absolute Gasteiger partial charge is 0.292 e. The molecular weight excluding hydrogens is 246 g/mol. The standard InChI is InChI=1S/C12H15N5O2/c1-12(2,3)9(18)8-7(11(19)15-13)10-14-5-4-6-17(10)16-8/h4-6H,13H2,1-3H3,(H,15,19). The van der Waals surface area contributed by atoms with Crippen LogP contribution in [-0.4, -0.2) is 26.3 Å². The number of nitrogen functional groups attached to an aromatic ring is 1. The van der Waals surface area contributed by atoms with E-state index in [9.17, 15) is 9.59 Å². The lowest BCUT2D eigenvalue weighted by atomic mass is 9.87. The summed E-state index contributed by atoms with van der Waals surface area (Å²) < 4.78 is 1.39. The number of nitrogens with zero attached hydrogens (tertiary/aromatic N) is 3. The fourth-order valence-electron chi connectivity index (χ4n) is 1.68. The van der Waals surface area contributed by atoms with E-state index in [0.717, 1.165) is 0 Å². The Labute approximate surface area is 109 Å². The van der Waals surface area contributed by atoms with Crippen molar-refractivity contribution >= 4 is 17.3 Å². The molecule has 0 aliphatic carbocycles. The van der Waals surface area contributed by atoms with E-state index in [1.807, 2.05) is 5.43 Å². The van der Waals surface area contributed by atoms with Gasteiger partial charge in [-0.2, -0.15) is 5.10 Å². The van der Waals surface area contributed by atoms with Gasteiger partial charge in [0, 0.05) is 17.8 Å². The van der Waals surface area contributed by atoms with Crippen LogP contribution in [0.25, 0.3) is 5.65 Å². The Bertz CT molecular complexity index is 654. The Morgan fingerprint density at radius 1 is 1.37 bits per heavy atom. The average molecular weight is 261 g/mol. The monoisotopic (exact) mass is 261 g/mol. The van der Waals surface area contributed by atoms with E-state index in [-0.39, 0.29) is 17.0 Å². The van der Waals surface area contributed by atoms with Gasteiger partial charge in [-0.25, -0.2) is 15.3 Å². The lowest BCUT2D eigenvalue weighted by Gasteiger charge is -2.15. The fourth-order valence-corrected chi connectivity index (χ4v) is 1.68. The molecule has 2 rings (SSSR count). The van der Waals surface area contributed by atoms with E-state index >= 15 is 0 Å². The van der Waals surface area contributed by atoms with Gasteiger partial charge in [0.25, 0.3) is 5.91 Å². The Kier molecular flexibility index (Phi) is 3.07. The van der Waals surface area contributed by atoms with Crippen molar-refractivity contribution in [3.63, 3.8) is 0 Å². The zero-order valence-electron chi connectivity index (χ0n) is 11.0. The molecule has 0 bridgehead atoms. The Morgan fingerprint density at radius 2 is 2.05 bits per heavy atom. The lowest BCUT2D eigenvalue weighted by Crippen LogP contribution is -2.32. The summed E-state index contributed by atoms with van der Waals surface area (Å²) in [6, 6.07) is 1.66. The van der Waals surface area contributed by atoms with Crippen molar-refractivity contribution in [2.45, 2.75) is 20.8 Å². The molecule has 7 heteroatoms. The number of aromatic nitrogens is 3. The smallest absolute Gasteiger partial charge is 0.271 e. The predicted octanol–water partition coefficient (Wildman–Crippen LogP) is 0.562. The van der Waals surface area contributed by atoms with Gasteiger partial charge in [0.2, 0.25) is 0 Å². The van der Waals surface area contributed by atoms with Crippen molar-refractivity contribution in [3.8, 4) is 0 Å². The summed E-state index contributed by atoms with van der Waals surface area (Å²) >= 11 is 0. The molecule has 0 saturated carbocycles. The molecule has 0 aliphatic heterocycles. The number of hydrogen-bond acceptors (Lipinski definition) is 5. The van der Waals surface area contributed by atoms with Crippen LogP contribution in [0.2, 0.25) is 0 Å². The van der Waals surface area contributed by atoms with Crippen LogP contribution in [0, 0.1) is 5.41 Å². The van der Waals surface area contributed by atoms with Gasteiger partial charge in [-0.15, -0.1) is 0 Å². The highest BCUT2D eigenvalue weighted by Crippen LogP contribution is 2.24. The molecule has 0 unspecified atom stereocenters. The third-order valence-electron chi connectivity index (χ3n) is 2.65. The number of fused-ring (bicyclic) bond motifs is 1. The zero-order chi connectivity index (χ0) is 14.2. The Balaban J connectivity index is 2.73. The van der Waals surface area contributed by atoms with Gasteiger partial charge in [-0.05, 0) is 6.07 Å². The molecule has 0 atom stereocenters. The average Bonchev–Trinajstić information content (AvgIpc) is 2.74. The molecule has 2 aromatic rings. The normalized spacial score (nSPS) is 11.6. The number of nitrogens with one attached hydrogen (secondary N) is 1. The maximum absolute atomic E-state index is 12.4. The molecular formula is C12H15N5O2. The van der Waals surface area contributed by atoms with Crippen molar-refractivity contribution in [1.29, 1.82) is 0 Å². The van der Waals surface area contributed by atoms with E-state index in [2.05, 4.69) is 10.1 Å². The number of nitrogens with two attached hydrogens (primary N) is 1. The van der Waals surface area contributed by atoms with Gasteiger partial charge in [0.05, 0.1) is 0 Å². The van der Waals surface area contributed by atoms with Gasteiger partial charge in [0.1, 0.15) is 11.3 Å². The van der Waals surface area contributed by atoms with Crippen molar-refractivity contribution in [2.24, 2.45) is 11.3 Å². The SMILES string of the molecule is CC(C)(C)C(=O)c1nn2cccnc2c1C(=O)NN. The van der Waals surface area contributed by atoms with E-state index < -0.39 is 11.3 Å². The number of carbonyl (C=O) groups excluding carboxylic acids is 2. The second kappa shape index (κ2) is 4.43. The van der Waals surface area contributed by atoms with Gasteiger partial charge >= 0.3 is 0 Å². The number of rotatable bonds is 2. The summed E-state index contributed by atoms with van der Waals surface area (Å²) in [4.78, 5) is 28.3. The van der Waals surface area contributed by atoms with Crippen molar-refractivity contribution in [2.75, 3.05) is 0 Å². The predicted molar refractivity (Wildman–Crippen MR) is 68.4 cm³/mol. The third-order valence-corrected chi connectivity index (χ3v) is 2.65. The van der Waals surface area contributed by atoms with Crippen molar-refractivity contribution < 1.29 is 9.59 Å². The Morgan fingerprint density at radius 3 is 2.63 bits per heavy atom. The topological polar surface area (TPSA) is 102 Å². The van der Waals surface area contributed by atoms with Crippen LogP contribution < -0.4 is 11.3 Å². The van der Waals surface area contributed by atoms with Gasteiger partial charge < -0.3 is 0 Å². The molecule has 3 N–H and O–H groups in total. The molecule has 0 saturated heterocycles. The van der Waals surface area contributed by atoms with Gasteiger partial charge in [-0.3, -0.25) is 15.0 Å². The zero-order valence-corrected chi connectivity index (χ0v) is 11.0. The summed E-state index contributed by atoms with van der Waals surface area (Å²) in [5.41, 5.74) is 1.85. The van der Waals surface area contributed by atoms with E-state index in [0.29, 0.717) is 5.65 Å². The first-order valence-electron chi connectivity index (χ1n) is 5.75. The van der Waals surface area contributed by atoms with E-state index in [4.69, 9.17) is 5.84 Å². The third kappa shape index (κ3) is 2.19. The number of Topliss-reactive ketones (excluding diaryl/α,β-unsaturated/α-hetero) is 1. The minimum Gasteiger partial charge on any atom is -0.292 e. The lowest BCUT2D eigenvalue weighted by molar-refractivity contribution is 0.0842. The molecule has 2 heterocycles. The highest BCUT2D eigenvalue weighted by Gasteiger charge is 2.31. The molecule has 0 radical (unpaired) electrons. The van der Waals surface area contributed by atoms with Crippen LogP contribution in [0.15, 0.2) is 18.5 Å². The van der Waals surface area contributed by atoms with Crippen molar-refractivity contribution in [1.82, 2.24) is 20.0 Å². The molecule has 100 valence electrons. The number of carbonyl (C=O) groups is 2. The first-order valence-corrected chi connectivity index (χ1v) is 5.75. The molecule has 0 aromatic carbocycles. The molecule has 0 aliphatic rings. The van der Waals surface area contributed by atoms with Crippen LogP contribution in [0.5, 0.6) is 0 Å². The first kappa shape index (κ1) is 13.2. The fraction of sp³-hybridized carbons (Fsp3) is 0.333. The van der Waals surface area contributed by atoms with E-state index in [1.165, 1.54) is 10.7 Å². The molecule has 7 nitrogen and oxygen atoms in total. The molecule has 1 amide bonds. The summed E-state index contributed by atoms with van der Waals surface area (Å²) in [5.74, 6) is 4.34. The maximum atomic E-state index is 12.4. The molecule has 19 heavy (non-hydrogen) atoms. The van der Waals surface area contributed by atoms with Crippen LogP contribution in [-0.2, 0) is 0 Å². The van der Waals surface area contributed by atoms with Crippen LogP contribution in [0.3, 0.4) is 0 Å². The second-order valence-corrected chi connectivity index (χ2v) is 5.16. The number of hydrogen-bond donors (Lipinski definition) is 2. The maximum Gasteiger partial charge on any atom is 0.271 e. The molecule has 0 spiro atoms. The van der Waals surface area contributed by atoms with E-state index in [1.54, 1.807) is 33.0 Å². The summed E-state index contributed by atoms with van der Waals surface area (Å²) in [5, 5.41) is 4.14.